The van der Waals surface area contributed by atoms with E-state index in [0.29, 0.717) is 11.5 Å². The van der Waals surface area contributed by atoms with E-state index in [1.165, 1.54) is 12.1 Å². The lowest BCUT2D eigenvalue weighted by Gasteiger charge is -2.19. The first-order chi connectivity index (χ1) is 11.2. The van der Waals surface area contributed by atoms with Crippen LogP contribution in [0.5, 0.6) is 17.2 Å². The van der Waals surface area contributed by atoms with E-state index in [1.807, 2.05) is 0 Å². The van der Waals surface area contributed by atoms with Crippen molar-refractivity contribution in [3.63, 3.8) is 0 Å². The lowest BCUT2D eigenvalue weighted by atomic mass is 10.1. The Morgan fingerprint density at radius 3 is 1.88 bits per heavy atom. The van der Waals surface area contributed by atoms with E-state index in [1.54, 1.807) is 57.4 Å². The molecular weight excluding hydrogens is 328 g/mol. The number of nitrogens with one attached hydrogen (secondary N) is 1. The van der Waals surface area contributed by atoms with E-state index in [9.17, 15) is 8.42 Å². The van der Waals surface area contributed by atoms with Gasteiger partial charge in [0.05, 0.1) is 12.0 Å². The van der Waals surface area contributed by atoms with Crippen LogP contribution >= 0.6 is 0 Å². The van der Waals surface area contributed by atoms with Crippen molar-refractivity contribution in [2.45, 2.75) is 24.3 Å². The second-order valence-corrected chi connectivity index (χ2v) is 7.83. The van der Waals surface area contributed by atoms with Gasteiger partial charge in [0.15, 0.2) is 0 Å². The summed E-state index contributed by atoms with van der Waals surface area (Å²) in [5.41, 5.74) is 5.18. The van der Waals surface area contributed by atoms with E-state index in [-0.39, 0.29) is 11.4 Å². The van der Waals surface area contributed by atoms with Crippen LogP contribution in [0.25, 0.3) is 0 Å². The molecule has 2 aromatic carbocycles. The van der Waals surface area contributed by atoms with Crippen molar-refractivity contribution >= 4 is 10.0 Å². The topological polar surface area (TPSA) is 90.6 Å². The number of hydrogen-bond donors (Lipinski definition) is 2. The van der Waals surface area contributed by atoms with Crippen LogP contribution in [0.3, 0.4) is 0 Å². The molecule has 0 amide bonds. The second-order valence-electron chi connectivity index (χ2n) is 6.06. The Kier molecular flexibility index (Phi) is 5.48. The molecule has 130 valence electrons. The van der Waals surface area contributed by atoms with Crippen LogP contribution in [0.4, 0.5) is 0 Å². The van der Waals surface area contributed by atoms with Crippen LogP contribution < -0.4 is 19.9 Å². The monoisotopic (exact) mass is 350 g/mol. The van der Waals surface area contributed by atoms with Crippen LogP contribution in [-0.2, 0) is 10.0 Å². The fraction of sp³-hybridized carbons (Fsp3) is 0.294. The average molecular weight is 350 g/mol. The molecule has 0 spiro atoms. The van der Waals surface area contributed by atoms with Gasteiger partial charge in [-0.25, -0.2) is 13.1 Å². The molecule has 0 bridgehead atoms. The third-order valence-corrected chi connectivity index (χ3v) is 4.56. The molecule has 6 nitrogen and oxygen atoms in total. The fourth-order valence-corrected chi connectivity index (χ4v) is 3.05. The maximum Gasteiger partial charge on any atom is 0.240 e. The van der Waals surface area contributed by atoms with Gasteiger partial charge in [-0.2, -0.15) is 0 Å². The van der Waals surface area contributed by atoms with Crippen LogP contribution in [0.1, 0.15) is 13.8 Å². The van der Waals surface area contributed by atoms with Crippen LogP contribution in [0.15, 0.2) is 53.4 Å². The molecule has 0 saturated heterocycles. The molecule has 3 N–H and O–H groups in total. The molecule has 0 aliphatic heterocycles. The zero-order chi connectivity index (χ0) is 17.8. The summed E-state index contributed by atoms with van der Waals surface area (Å²) in [4.78, 5) is 0.161. The zero-order valence-corrected chi connectivity index (χ0v) is 14.8. The van der Waals surface area contributed by atoms with E-state index in [4.69, 9.17) is 15.2 Å². The first kappa shape index (κ1) is 18.3. The predicted molar refractivity (Wildman–Crippen MR) is 93.0 cm³/mol. The molecule has 0 atom stereocenters. The van der Waals surface area contributed by atoms with Crippen LogP contribution in [0, 0.1) is 0 Å². The van der Waals surface area contributed by atoms with Crippen molar-refractivity contribution in [2.24, 2.45) is 5.73 Å². The Hall–Kier alpha value is -2.09. The minimum absolute atomic E-state index is 0.152. The van der Waals surface area contributed by atoms with Gasteiger partial charge in [-0.1, -0.05) is 0 Å². The molecule has 0 aliphatic carbocycles. The normalized spacial score (nSPS) is 12.0. The molecular formula is C17H22N2O4S. The number of sulfonamides is 1. The summed E-state index contributed by atoms with van der Waals surface area (Å²) in [6.07, 6.45) is 0. The summed E-state index contributed by atoms with van der Waals surface area (Å²) in [6, 6.07) is 13.3. The van der Waals surface area contributed by atoms with Gasteiger partial charge in [0.1, 0.15) is 17.2 Å². The number of methoxy groups -OCH3 is 1. The van der Waals surface area contributed by atoms with Gasteiger partial charge in [0, 0.05) is 12.1 Å². The molecule has 0 radical (unpaired) electrons. The molecule has 0 aliphatic rings. The molecule has 0 heterocycles. The van der Waals surface area contributed by atoms with Gasteiger partial charge in [-0.15, -0.1) is 0 Å². The third-order valence-electron chi connectivity index (χ3n) is 3.15. The second kappa shape index (κ2) is 7.21. The van der Waals surface area contributed by atoms with Crippen LogP contribution in [-0.4, -0.2) is 27.6 Å². The van der Waals surface area contributed by atoms with Crippen molar-refractivity contribution in [2.75, 3.05) is 13.7 Å². The average Bonchev–Trinajstić information content (AvgIpc) is 2.54. The Balaban J connectivity index is 2.06. The summed E-state index contributed by atoms with van der Waals surface area (Å²) in [6.45, 7) is 3.65. The van der Waals surface area contributed by atoms with Gasteiger partial charge in [0.2, 0.25) is 10.0 Å². The Morgan fingerprint density at radius 2 is 1.42 bits per heavy atom. The standard InChI is InChI=1S/C17H22N2O4S/c1-17(2,18)12-19-24(20,21)16-10-8-15(9-11-16)23-14-6-4-13(22-3)5-7-14/h4-11,19H,12,18H2,1-3H3. The van der Waals surface area contributed by atoms with Crippen molar-refractivity contribution in [3.05, 3.63) is 48.5 Å². The number of nitrogens with two attached hydrogens (primary N) is 1. The van der Waals surface area contributed by atoms with Gasteiger partial charge in [-0.05, 0) is 62.4 Å². The summed E-state index contributed by atoms with van der Waals surface area (Å²) in [5, 5.41) is 0. The number of benzene rings is 2. The molecule has 0 fully saturated rings. The summed E-state index contributed by atoms with van der Waals surface area (Å²) >= 11 is 0. The number of rotatable bonds is 7. The number of hydrogen-bond acceptors (Lipinski definition) is 5. The lowest BCUT2D eigenvalue weighted by molar-refractivity contribution is 0.413. The molecule has 2 aromatic rings. The SMILES string of the molecule is COc1ccc(Oc2ccc(S(=O)(=O)NCC(C)(C)N)cc2)cc1. The minimum Gasteiger partial charge on any atom is -0.497 e. The third kappa shape index (κ3) is 5.23. The zero-order valence-electron chi connectivity index (χ0n) is 13.9. The summed E-state index contributed by atoms with van der Waals surface area (Å²) in [5.74, 6) is 1.91. The van der Waals surface area contributed by atoms with Crippen LogP contribution in [0.2, 0.25) is 0 Å². The van der Waals surface area contributed by atoms with Crippen molar-refractivity contribution in [1.29, 1.82) is 0 Å². The van der Waals surface area contributed by atoms with Crippen molar-refractivity contribution in [1.82, 2.24) is 4.72 Å². The van der Waals surface area contributed by atoms with E-state index < -0.39 is 15.6 Å². The largest absolute Gasteiger partial charge is 0.497 e. The Labute approximate surface area is 142 Å². The molecule has 24 heavy (non-hydrogen) atoms. The summed E-state index contributed by atoms with van der Waals surface area (Å²) in [7, 11) is -2.00. The molecule has 0 aromatic heterocycles. The van der Waals surface area contributed by atoms with Gasteiger partial charge in [-0.3, -0.25) is 0 Å². The van der Waals surface area contributed by atoms with E-state index in [2.05, 4.69) is 4.72 Å². The quantitative estimate of drug-likeness (QED) is 0.801. The van der Waals surface area contributed by atoms with Crippen molar-refractivity contribution < 1.29 is 17.9 Å². The van der Waals surface area contributed by atoms with Gasteiger partial charge < -0.3 is 15.2 Å². The molecule has 0 unspecified atom stereocenters. The first-order valence-electron chi connectivity index (χ1n) is 7.40. The van der Waals surface area contributed by atoms with Gasteiger partial charge in [0.25, 0.3) is 0 Å². The van der Waals surface area contributed by atoms with Gasteiger partial charge >= 0.3 is 0 Å². The predicted octanol–water partition coefficient (Wildman–Crippen LogP) is 2.50. The van der Waals surface area contributed by atoms with E-state index >= 15 is 0 Å². The first-order valence-corrected chi connectivity index (χ1v) is 8.88. The molecule has 2 rings (SSSR count). The maximum atomic E-state index is 12.2. The smallest absolute Gasteiger partial charge is 0.240 e. The highest BCUT2D eigenvalue weighted by atomic mass is 32.2. The molecule has 7 heteroatoms. The highest BCUT2D eigenvalue weighted by Gasteiger charge is 2.18. The van der Waals surface area contributed by atoms with Crippen molar-refractivity contribution in [3.8, 4) is 17.2 Å². The maximum absolute atomic E-state index is 12.2. The summed E-state index contributed by atoms with van der Waals surface area (Å²) < 4.78 is 37.6. The Bertz CT molecular complexity index is 764. The number of ether oxygens (including phenoxy) is 2. The highest BCUT2D eigenvalue weighted by molar-refractivity contribution is 7.89. The minimum atomic E-state index is -3.59. The molecule has 0 saturated carbocycles. The lowest BCUT2D eigenvalue weighted by Crippen LogP contribution is -2.45. The highest BCUT2D eigenvalue weighted by Crippen LogP contribution is 2.24. The van der Waals surface area contributed by atoms with E-state index in [0.717, 1.165) is 5.75 Å². The Morgan fingerprint density at radius 1 is 0.958 bits per heavy atom. The fourth-order valence-electron chi connectivity index (χ4n) is 1.83.